The lowest BCUT2D eigenvalue weighted by Crippen LogP contribution is -2.15. The first-order valence-electron chi connectivity index (χ1n) is 6.21. The highest BCUT2D eigenvalue weighted by atomic mass is 32.2. The van der Waals surface area contributed by atoms with Crippen molar-refractivity contribution in [2.24, 2.45) is 0 Å². The largest absolute Gasteiger partial charge is 0.308 e. The Balaban J connectivity index is 1.57. The molecule has 1 aliphatic carbocycles. The van der Waals surface area contributed by atoms with E-state index in [1.807, 2.05) is 11.3 Å². The lowest BCUT2D eigenvalue weighted by Gasteiger charge is -2.18. The molecule has 3 rings (SSSR count). The van der Waals surface area contributed by atoms with Crippen LogP contribution in [-0.4, -0.2) is 16.8 Å². The first kappa shape index (κ1) is 11.1. The Bertz CT molecular complexity index is 341. The van der Waals surface area contributed by atoms with Gasteiger partial charge in [-0.15, -0.1) is 11.3 Å². The van der Waals surface area contributed by atoms with Crippen LogP contribution in [0.3, 0.4) is 0 Å². The Morgan fingerprint density at radius 2 is 2.25 bits per heavy atom. The van der Waals surface area contributed by atoms with Gasteiger partial charge in [0.2, 0.25) is 0 Å². The zero-order valence-electron chi connectivity index (χ0n) is 9.45. The number of thioether (sulfide) groups is 1. The molecule has 0 amide bonds. The molecule has 1 aliphatic heterocycles. The number of aromatic nitrogens is 1. The molecule has 1 aromatic rings. The van der Waals surface area contributed by atoms with Gasteiger partial charge in [-0.2, -0.15) is 11.8 Å². The molecule has 1 saturated carbocycles. The van der Waals surface area contributed by atoms with E-state index in [2.05, 4.69) is 22.5 Å². The van der Waals surface area contributed by atoms with Gasteiger partial charge in [0.25, 0.3) is 0 Å². The van der Waals surface area contributed by atoms with Crippen molar-refractivity contribution in [2.45, 2.75) is 49.9 Å². The van der Waals surface area contributed by atoms with Crippen LogP contribution in [0.25, 0.3) is 0 Å². The third-order valence-corrected chi connectivity index (χ3v) is 5.72. The summed E-state index contributed by atoms with van der Waals surface area (Å²) in [7, 11) is 0. The molecule has 16 heavy (non-hydrogen) atoms. The van der Waals surface area contributed by atoms with Gasteiger partial charge in [-0.25, -0.2) is 4.98 Å². The molecule has 88 valence electrons. The number of nitrogens with one attached hydrogen (secondary N) is 1. The Morgan fingerprint density at radius 3 is 3.00 bits per heavy atom. The monoisotopic (exact) mass is 254 g/mol. The highest BCUT2D eigenvalue weighted by molar-refractivity contribution is 7.99. The van der Waals surface area contributed by atoms with E-state index >= 15 is 0 Å². The summed E-state index contributed by atoms with van der Waals surface area (Å²) in [5, 5.41) is 7.81. The van der Waals surface area contributed by atoms with Gasteiger partial charge >= 0.3 is 0 Å². The molecule has 4 heteroatoms. The van der Waals surface area contributed by atoms with Gasteiger partial charge in [0.15, 0.2) is 0 Å². The van der Waals surface area contributed by atoms with Crippen LogP contribution in [0.2, 0.25) is 0 Å². The molecule has 2 heterocycles. The minimum Gasteiger partial charge on any atom is -0.308 e. The van der Waals surface area contributed by atoms with Crippen molar-refractivity contribution in [3.63, 3.8) is 0 Å². The van der Waals surface area contributed by atoms with E-state index in [1.54, 1.807) is 0 Å². The molecule has 0 spiro atoms. The summed E-state index contributed by atoms with van der Waals surface area (Å²) in [5.74, 6) is 1.32. The van der Waals surface area contributed by atoms with Crippen LogP contribution in [0.15, 0.2) is 5.38 Å². The normalized spacial score (nSPS) is 25.9. The predicted molar refractivity (Wildman–Crippen MR) is 71.0 cm³/mol. The maximum Gasteiger partial charge on any atom is 0.106 e. The Kier molecular flexibility index (Phi) is 3.50. The highest BCUT2D eigenvalue weighted by Gasteiger charge is 2.22. The van der Waals surface area contributed by atoms with E-state index in [0.717, 1.165) is 12.6 Å². The molecule has 0 aromatic carbocycles. The topological polar surface area (TPSA) is 24.9 Å². The average molecular weight is 254 g/mol. The highest BCUT2D eigenvalue weighted by Crippen LogP contribution is 2.39. The van der Waals surface area contributed by atoms with E-state index in [0.29, 0.717) is 5.25 Å². The lowest BCUT2D eigenvalue weighted by atomic mass is 10.2. The van der Waals surface area contributed by atoms with Gasteiger partial charge in [0, 0.05) is 18.0 Å². The van der Waals surface area contributed by atoms with Gasteiger partial charge in [-0.05, 0) is 31.4 Å². The van der Waals surface area contributed by atoms with Crippen molar-refractivity contribution in [1.29, 1.82) is 0 Å². The van der Waals surface area contributed by atoms with Gasteiger partial charge in [-0.3, -0.25) is 0 Å². The molecule has 1 aromatic heterocycles. The van der Waals surface area contributed by atoms with Crippen LogP contribution < -0.4 is 5.32 Å². The molecule has 2 aliphatic rings. The zero-order valence-corrected chi connectivity index (χ0v) is 11.1. The predicted octanol–water partition coefficient (Wildman–Crippen LogP) is 3.35. The summed E-state index contributed by atoms with van der Waals surface area (Å²) >= 11 is 3.95. The lowest BCUT2D eigenvalue weighted by molar-refractivity contribution is 0.663. The van der Waals surface area contributed by atoms with Gasteiger partial charge < -0.3 is 5.32 Å². The second kappa shape index (κ2) is 5.07. The molecule has 1 N–H and O–H groups in total. The van der Waals surface area contributed by atoms with Crippen molar-refractivity contribution in [3.8, 4) is 0 Å². The first-order chi connectivity index (χ1) is 7.92. The van der Waals surface area contributed by atoms with E-state index in [9.17, 15) is 0 Å². The summed E-state index contributed by atoms with van der Waals surface area (Å²) in [6, 6.07) is 0.786. The van der Waals surface area contributed by atoms with Gasteiger partial charge in [0.05, 0.1) is 10.9 Å². The molecular formula is C12H18N2S2. The minimum atomic E-state index is 0.688. The van der Waals surface area contributed by atoms with Crippen molar-refractivity contribution < 1.29 is 0 Å². The third kappa shape index (κ3) is 2.79. The van der Waals surface area contributed by atoms with Crippen LogP contribution in [0.4, 0.5) is 0 Å². The Hall–Kier alpha value is -0.0600. The number of rotatable bonds is 4. The standard InChI is InChI=1S/C12H18N2S2/c1-2-6-15-11(3-1)12-14-10(8-16-12)7-13-9-4-5-9/h8-9,11,13H,1-7H2. The summed E-state index contributed by atoms with van der Waals surface area (Å²) in [6.07, 6.45) is 6.81. The second-order valence-electron chi connectivity index (χ2n) is 4.69. The smallest absolute Gasteiger partial charge is 0.106 e. The Morgan fingerprint density at radius 1 is 1.31 bits per heavy atom. The maximum absolute atomic E-state index is 4.77. The van der Waals surface area contributed by atoms with E-state index in [4.69, 9.17) is 4.98 Å². The summed E-state index contributed by atoms with van der Waals surface area (Å²) < 4.78 is 0. The molecule has 1 atom stereocenters. The summed E-state index contributed by atoms with van der Waals surface area (Å²) in [4.78, 5) is 4.77. The molecule has 2 fully saturated rings. The van der Waals surface area contributed by atoms with Gasteiger partial charge in [-0.1, -0.05) is 6.42 Å². The Labute approximate surface area is 105 Å². The van der Waals surface area contributed by atoms with Gasteiger partial charge in [0.1, 0.15) is 5.01 Å². The molecule has 2 nitrogen and oxygen atoms in total. The molecule has 1 unspecified atom stereocenters. The molecule has 0 bridgehead atoms. The molecule has 1 saturated heterocycles. The number of nitrogens with zero attached hydrogens (tertiary/aromatic N) is 1. The summed E-state index contributed by atoms with van der Waals surface area (Å²) in [6.45, 7) is 0.971. The zero-order chi connectivity index (χ0) is 10.8. The fourth-order valence-corrected chi connectivity index (χ4v) is 4.41. The molecular weight excluding hydrogens is 236 g/mol. The quantitative estimate of drug-likeness (QED) is 0.892. The van der Waals surface area contributed by atoms with Crippen molar-refractivity contribution >= 4 is 23.1 Å². The first-order valence-corrected chi connectivity index (χ1v) is 8.14. The van der Waals surface area contributed by atoms with Crippen LogP contribution in [0.1, 0.15) is 48.1 Å². The maximum atomic E-state index is 4.77. The average Bonchev–Trinajstić information content (AvgIpc) is 3.05. The third-order valence-electron chi connectivity index (χ3n) is 3.17. The van der Waals surface area contributed by atoms with E-state index in [1.165, 1.54) is 48.6 Å². The SMILES string of the molecule is c1sc(C2CCCCS2)nc1CNC1CC1. The van der Waals surface area contributed by atoms with Crippen molar-refractivity contribution in [2.75, 3.05) is 5.75 Å². The number of hydrogen-bond donors (Lipinski definition) is 1. The number of hydrogen-bond acceptors (Lipinski definition) is 4. The second-order valence-corrected chi connectivity index (χ2v) is 6.89. The van der Waals surface area contributed by atoms with Crippen molar-refractivity contribution in [3.05, 3.63) is 16.1 Å². The van der Waals surface area contributed by atoms with Crippen LogP contribution in [0.5, 0.6) is 0 Å². The van der Waals surface area contributed by atoms with E-state index in [-0.39, 0.29) is 0 Å². The van der Waals surface area contributed by atoms with Crippen molar-refractivity contribution in [1.82, 2.24) is 10.3 Å². The molecule has 0 radical (unpaired) electrons. The van der Waals surface area contributed by atoms with Crippen LogP contribution >= 0.6 is 23.1 Å². The van der Waals surface area contributed by atoms with E-state index < -0.39 is 0 Å². The minimum absolute atomic E-state index is 0.688. The van der Waals surface area contributed by atoms with Crippen LogP contribution in [0, 0.1) is 0 Å². The fraction of sp³-hybridized carbons (Fsp3) is 0.750. The number of thiazole rings is 1. The van der Waals surface area contributed by atoms with Crippen LogP contribution in [-0.2, 0) is 6.54 Å². The fourth-order valence-electron chi connectivity index (χ4n) is 2.02. The summed E-state index contributed by atoms with van der Waals surface area (Å²) in [5.41, 5.74) is 1.25.